The third kappa shape index (κ3) is 6.87. The van der Waals surface area contributed by atoms with Gasteiger partial charge in [0.1, 0.15) is 0 Å². The summed E-state index contributed by atoms with van der Waals surface area (Å²) in [7, 11) is 0.0853. The van der Waals surface area contributed by atoms with Crippen molar-refractivity contribution in [1.82, 2.24) is 9.80 Å². The largest absolute Gasteiger partial charge is 0.292 e. The summed E-state index contributed by atoms with van der Waals surface area (Å²) >= 11 is 0. The smallest absolute Gasteiger partial charge is 0.0564 e. The van der Waals surface area contributed by atoms with Gasteiger partial charge in [-0.05, 0) is 40.0 Å². The number of hydrogen-bond donors (Lipinski definition) is 0. The molecule has 0 aliphatic rings. The van der Waals surface area contributed by atoms with Crippen LogP contribution in [0.5, 0.6) is 0 Å². The predicted octanol–water partition coefficient (Wildman–Crippen LogP) is 1.59. The van der Waals surface area contributed by atoms with E-state index in [2.05, 4.69) is 57.0 Å². The molecule has 0 unspecified atom stereocenters. The minimum atomic E-state index is 0.0125. The molecule has 0 aromatic carbocycles. The van der Waals surface area contributed by atoms with E-state index in [4.69, 9.17) is 0 Å². The Balaban J connectivity index is 4.41. The van der Waals surface area contributed by atoms with Crippen molar-refractivity contribution in [2.45, 2.75) is 53.0 Å². The fourth-order valence-corrected chi connectivity index (χ4v) is 8.14. The molecule has 0 radical (unpaired) electrons. The van der Waals surface area contributed by atoms with Crippen molar-refractivity contribution in [3.63, 3.8) is 0 Å². The lowest BCUT2D eigenvalue weighted by atomic mass is 10.4. The first-order valence-electron chi connectivity index (χ1n) is 7.71. The van der Waals surface area contributed by atoms with E-state index in [0.717, 1.165) is 5.79 Å². The lowest BCUT2D eigenvalue weighted by Gasteiger charge is -2.38. The van der Waals surface area contributed by atoms with Crippen molar-refractivity contribution < 1.29 is 0 Å². The highest BCUT2D eigenvalue weighted by Gasteiger charge is 2.20. The molecule has 0 aliphatic carbocycles. The van der Waals surface area contributed by atoms with E-state index in [1.54, 1.807) is 5.67 Å². The van der Waals surface area contributed by atoms with Crippen molar-refractivity contribution >= 4 is 19.0 Å². The van der Waals surface area contributed by atoms with E-state index >= 15 is 0 Å². The van der Waals surface area contributed by atoms with Gasteiger partial charge in [0, 0.05) is 15.3 Å². The highest BCUT2D eigenvalue weighted by molar-refractivity contribution is 6.59. The molecule has 0 saturated carbocycles. The predicted molar refractivity (Wildman–Crippen MR) is 91.0 cm³/mol. The zero-order valence-corrected chi connectivity index (χ0v) is 16.3. The second-order valence-corrected chi connectivity index (χ2v) is 10.3. The SMILES string of the molecule is CCN(CC)C([SiH2]C[SiH2]C=C(C)C)N(CC)CC. The van der Waals surface area contributed by atoms with Crippen molar-refractivity contribution in [3.05, 3.63) is 11.3 Å². The molecule has 0 heterocycles. The van der Waals surface area contributed by atoms with E-state index in [1.807, 2.05) is 0 Å². The highest BCUT2D eigenvalue weighted by Crippen LogP contribution is 2.06. The summed E-state index contributed by atoms with van der Waals surface area (Å²) in [6.45, 7) is 18.5. The Hall–Kier alpha value is 0.0938. The Morgan fingerprint density at radius 1 is 0.944 bits per heavy atom. The standard InChI is InChI=1S/C14H34N2Si2/c1-7-15(8-2)14(16(9-3)10-4)18-12-17-11-13(5)6/h11,14H,7-10,12,17-18H2,1-6H3. The van der Waals surface area contributed by atoms with Crippen LogP contribution in [0, 0.1) is 0 Å². The normalized spacial score (nSPS) is 12.9. The first-order chi connectivity index (χ1) is 8.60. The van der Waals surface area contributed by atoms with Crippen LogP contribution >= 0.6 is 0 Å². The fourth-order valence-electron chi connectivity index (χ4n) is 2.58. The van der Waals surface area contributed by atoms with Crippen molar-refractivity contribution in [1.29, 1.82) is 0 Å². The van der Waals surface area contributed by atoms with E-state index in [0.29, 0.717) is 0 Å². The molecule has 18 heavy (non-hydrogen) atoms. The van der Waals surface area contributed by atoms with Crippen LogP contribution in [0.25, 0.3) is 0 Å². The van der Waals surface area contributed by atoms with Crippen LogP contribution in [-0.4, -0.2) is 60.8 Å². The minimum Gasteiger partial charge on any atom is -0.292 e. The molecule has 0 N–H and O–H groups in total. The van der Waals surface area contributed by atoms with Crippen LogP contribution in [0.15, 0.2) is 11.3 Å². The van der Waals surface area contributed by atoms with Crippen molar-refractivity contribution in [3.8, 4) is 0 Å². The van der Waals surface area contributed by atoms with Crippen LogP contribution in [0.4, 0.5) is 0 Å². The molecule has 108 valence electrons. The highest BCUT2D eigenvalue weighted by atomic mass is 28.3. The average Bonchev–Trinajstić information content (AvgIpc) is 2.36. The molecule has 0 atom stereocenters. The van der Waals surface area contributed by atoms with Crippen molar-refractivity contribution in [2.75, 3.05) is 26.2 Å². The Kier molecular flexibility index (Phi) is 11.0. The van der Waals surface area contributed by atoms with Crippen LogP contribution in [0.3, 0.4) is 0 Å². The van der Waals surface area contributed by atoms with Gasteiger partial charge in [-0.1, -0.05) is 38.9 Å². The first-order valence-corrected chi connectivity index (χ1v) is 11.3. The van der Waals surface area contributed by atoms with Crippen LogP contribution in [-0.2, 0) is 0 Å². The minimum absolute atomic E-state index is 0.0125. The summed E-state index contributed by atoms with van der Waals surface area (Å²) in [5.41, 5.74) is 5.63. The van der Waals surface area contributed by atoms with Gasteiger partial charge in [-0.25, -0.2) is 0 Å². The van der Waals surface area contributed by atoms with E-state index in [-0.39, 0.29) is 19.0 Å². The van der Waals surface area contributed by atoms with Gasteiger partial charge in [-0.15, -0.1) is 5.70 Å². The maximum absolute atomic E-state index is 2.68. The van der Waals surface area contributed by atoms with Gasteiger partial charge in [0.15, 0.2) is 0 Å². The quantitative estimate of drug-likeness (QED) is 0.342. The summed E-state index contributed by atoms with van der Waals surface area (Å²) in [5, 5.41) is 0. The van der Waals surface area contributed by atoms with Crippen LogP contribution in [0.1, 0.15) is 41.5 Å². The van der Waals surface area contributed by atoms with Crippen molar-refractivity contribution in [2.24, 2.45) is 0 Å². The second-order valence-electron chi connectivity index (χ2n) is 5.14. The summed E-state index contributed by atoms with van der Waals surface area (Å²) in [5.74, 6) is 0.799. The fraction of sp³-hybridized carbons (Fsp3) is 0.857. The summed E-state index contributed by atoms with van der Waals surface area (Å²) in [4.78, 5) is 5.35. The van der Waals surface area contributed by atoms with Gasteiger partial charge in [0.2, 0.25) is 0 Å². The molecule has 0 spiro atoms. The van der Waals surface area contributed by atoms with Gasteiger partial charge in [-0.2, -0.15) is 0 Å². The molecule has 0 saturated heterocycles. The lowest BCUT2D eigenvalue weighted by molar-refractivity contribution is 0.115. The van der Waals surface area contributed by atoms with Crippen LogP contribution < -0.4 is 0 Å². The van der Waals surface area contributed by atoms with E-state index < -0.39 is 0 Å². The summed E-state index contributed by atoms with van der Waals surface area (Å²) < 4.78 is 0. The molecular weight excluding hydrogens is 252 g/mol. The zero-order valence-electron chi connectivity index (χ0n) is 13.5. The van der Waals surface area contributed by atoms with Gasteiger partial charge in [0.05, 0.1) is 9.52 Å². The molecular formula is C14H34N2Si2. The van der Waals surface area contributed by atoms with Gasteiger partial charge < -0.3 is 0 Å². The molecule has 2 nitrogen and oxygen atoms in total. The Morgan fingerprint density at radius 3 is 1.72 bits per heavy atom. The Labute approximate surface area is 119 Å². The lowest BCUT2D eigenvalue weighted by Crippen LogP contribution is -2.52. The second kappa shape index (κ2) is 11.0. The summed E-state index contributed by atoms with van der Waals surface area (Å²) in [6.07, 6.45) is 0. The Morgan fingerprint density at radius 2 is 1.39 bits per heavy atom. The maximum atomic E-state index is 2.68. The number of allylic oxidation sites excluding steroid dienone is 1. The molecule has 0 bridgehead atoms. The topological polar surface area (TPSA) is 6.48 Å². The average molecular weight is 287 g/mol. The molecule has 0 rings (SSSR count). The molecule has 0 fully saturated rings. The molecule has 0 amide bonds. The molecule has 4 heteroatoms. The third-order valence-electron chi connectivity index (χ3n) is 3.69. The number of hydrogen-bond acceptors (Lipinski definition) is 2. The number of nitrogens with zero attached hydrogens (tertiary/aromatic N) is 2. The zero-order chi connectivity index (χ0) is 14.0. The summed E-state index contributed by atoms with van der Waals surface area (Å²) in [6, 6.07) is 0. The van der Waals surface area contributed by atoms with Crippen LogP contribution in [0.2, 0.25) is 5.67 Å². The van der Waals surface area contributed by atoms with Gasteiger partial charge in [-0.3, -0.25) is 9.80 Å². The monoisotopic (exact) mass is 286 g/mol. The molecule has 0 aromatic heterocycles. The number of rotatable bonds is 10. The maximum Gasteiger partial charge on any atom is 0.0564 e. The molecule has 0 aliphatic heterocycles. The van der Waals surface area contributed by atoms with Gasteiger partial charge >= 0.3 is 0 Å². The van der Waals surface area contributed by atoms with Gasteiger partial charge in [0.25, 0.3) is 0 Å². The Bertz CT molecular complexity index is 208. The van der Waals surface area contributed by atoms with E-state index in [1.165, 1.54) is 31.8 Å². The van der Waals surface area contributed by atoms with E-state index in [9.17, 15) is 0 Å². The first kappa shape index (κ1) is 18.1. The molecule has 0 aromatic rings. The third-order valence-corrected chi connectivity index (χ3v) is 9.61.